The van der Waals surface area contributed by atoms with Crippen molar-refractivity contribution in [1.82, 2.24) is 0 Å². The van der Waals surface area contributed by atoms with Gasteiger partial charge >= 0.3 is 0 Å². The van der Waals surface area contributed by atoms with Gasteiger partial charge in [-0.05, 0) is 60.0 Å². The Morgan fingerprint density at radius 2 is 2.00 bits per heavy atom. The molecule has 0 aliphatic carbocycles. The minimum atomic E-state index is 0.0818. The Kier molecular flexibility index (Phi) is 11.3. The SMILES string of the molecule is C/C(=C\CC[C@@](C)(/C=C/C#N)[C@H](CCI)C(C)C)CSc1ccccc1. The predicted octanol–water partition coefficient (Wildman–Crippen LogP) is 7.69. The fourth-order valence-corrected chi connectivity index (χ4v) is 5.10. The number of allylic oxidation sites excluding steroid dienone is 3. The predicted molar refractivity (Wildman–Crippen MR) is 125 cm³/mol. The fourth-order valence-electron chi connectivity index (χ4n) is 3.56. The van der Waals surface area contributed by atoms with Crippen LogP contribution in [0.1, 0.15) is 47.0 Å². The monoisotopic (exact) mass is 481 g/mol. The molecular formula is C23H32INS. The average molecular weight is 481 g/mol. The van der Waals surface area contributed by atoms with Crippen molar-refractivity contribution >= 4 is 34.4 Å². The number of nitriles is 1. The molecule has 2 atom stereocenters. The Morgan fingerprint density at radius 3 is 2.58 bits per heavy atom. The number of benzene rings is 1. The largest absolute Gasteiger partial charge is 0.193 e. The molecule has 1 rings (SSSR count). The van der Waals surface area contributed by atoms with Crippen molar-refractivity contribution < 1.29 is 0 Å². The zero-order chi connectivity index (χ0) is 19.4. The van der Waals surface area contributed by atoms with E-state index in [9.17, 15) is 0 Å². The maximum absolute atomic E-state index is 9.02. The Labute approximate surface area is 178 Å². The molecule has 0 saturated carbocycles. The number of rotatable bonds is 11. The van der Waals surface area contributed by atoms with E-state index in [0.29, 0.717) is 11.8 Å². The molecule has 26 heavy (non-hydrogen) atoms. The van der Waals surface area contributed by atoms with Crippen molar-refractivity contribution in [1.29, 1.82) is 5.26 Å². The van der Waals surface area contributed by atoms with Crippen LogP contribution in [0.25, 0.3) is 0 Å². The van der Waals surface area contributed by atoms with Gasteiger partial charge in [0.1, 0.15) is 0 Å². The van der Waals surface area contributed by atoms with E-state index in [4.69, 9.17) is 5.26 Å². The van der Waals surface area contributed by atoms with Crippen LogP contribution in [0.5, 0.6) is 0 Å². The van der Waals surface area contributed by atoms with Crippen LogP contribution >= 0.6 is 34.4 Å². The number of thioether (sulfide) groups is 1. The first-order chi connectivity index (χ1) is 12.4. The Bertz CT molecular complexity index is 615. The average Bonchev–Trinajstić information content (AvgIpc) is 2.63. The van der Waals surface area contributed by atoms with Crippen molar-refractivity contribution in [2.75, 3.05) is 10.2 Å². The van der Waals surface area contributed by atoms with Crippen LogP contribution in [0.3, 0.4) is 0 Å². The van der Waals surface area contributed by atoms with Gasteiger partial charge in [-0.2, -0.15) is 5.26 Å². The lowest BCUT2D eigenvalue weighted by Crippen LogP contribution is -2.30. The molecule has 0 saturated heterocycles. The number of alkyl halides is 1. The van der Waals surface area contributed by atoms with Crippen molar-refractivity contribution in [2.45, 2.75) is 51.9 Å². The Morgan fingerprint density at radius 1 is 1.31 bits per heavy atom. The van der Waals surface area contributed by atoms with Gasteiger partial charge in [0.2, 0.25) is 0 Å². The van der Waals surface area contributed by atoms with Crippen LogP contribution in [-0.2, 0) is 0 Å². The maximum atomic E-state index is 9.02. The zero-order valence-electron chi connectivity index (χ0n) is 16.5. The minimum Gasteiger partial charge on any atom is -0.193 e. The van der Waals surface area contributed by atoms with E-state index in [1.165, 1.54) is 21.3 Å². The van der Waals surface area contributed by atoms with Gasteiger partial charge in [0.15, 0.2) is 0 Å². The van der Waals surface area contributed by atoms with E-state index >= 15 is 0 Å². The molecule has 142 valence electrons. The molecule has 0 bridgehead atoms. The molecule has 0 radical (unpaired) electrons. The fraction of sp³-hybridized carbons (Fsp3) is 0.522. The molecule has 3 heteroatoms. The third kappa shape index (κ3) is 8.31. The molecule has 1 aromatic rings. The number of nitrogens with zero attached hydrogens (tertiary/aromatic N) is 1. The first kappa shape index (κ1) is 23.3. The smallest absolute Gasteiger partial charge is 0.0908 e. The van der Waals surface area contributed by atoms with Crippen molar-refractivity contribution in [2.24, 2.45) is 17.3 Å². The molecular weight excluding hydrogens is 449 g/mol. The van der Waals surface area contributed by atoms with Crippen molar-refractivity contribution in [3.8, 4) is 6.07 Å². The second-order valence-corrected chi connectivity index (χ2v) is 9.61. The number of halogens is 1. The molecule has 0 aromatic heterocycles. The first-order valence-corrected chi connectivity index (χ1v) is 11.9. The molecule has 0 aliphatic rings. The highest BCUT2D eigenvalue weighted by Gasteiger charge is 2.32. The summed E-state index contributed by atoms with van der Waals surface area (Å²) in [6, 6.07) is 12.8. The number of hydrogen-bond acceptors (Lipinski definition) is 2. The van der Waals surface area contributed by atoms with Gasteiger partial charge in [-0.25, -0.2) is 0 Å². The topological polar surface area (TPSA) is 23.8 Å². The van der Waals surface area contributed by atoms with Crippen LogP contribution < -0.4 is 0 Å². The van der Waals surface area contributed by atoms with Gasteiger partial charge in [0.25, 0.3) is 0 Å². The molecule has 0 fully saturated rings. The van der Waals surface area contributed by atoms with Crippen molar-refractivity contribution in [3.63, 3.8) is 0 Å². The van der Waals surface area contributed by atoms with E-state index in [1.54, 1.807) is 6.08 Å². The van der Waals surface area contributed by atoms with Crippen LogP contribution in [0.15, 0.2) is 59.0 Å². The summed E-state index contributed by atoms with van der Waals surface area (Å²) in [6.07, 6.45) is 9.60. The molecule has 0 spiro atoms. The Hall–Kier alpha value is -0.730. The first-order valence-electron chi connectivity index (χ1n) is 9.39. The normalized spacial score (nSPS) is 15.8. The van der Waals surface area contributed by atoms with Crippen molar-refractivity contribution in [3.05, 3.63) is 54.1 Å². The molecule has 1 nitrogen and oxygen atoms in total. The van der Waals surface area contributed by atoms with Crippen LogP contribution in [0.2, 0.25) is 0 Å². The highest BCUT2D eigenvalue weighted by Crippen LogP contribution is 2.41. The Balaban J connectivity index is 2.70. The van der Waals surface area contributed by atoms with Crippen LogP contribution in [0, 0.1) is 28.6 Å². The lowest BCUT2D eigenvalue weighted by molar-refractivity contribution is 0.174. The summed E-state index contributed by atoms with van der Waals surface area (Å²) < 4.78 is 1.17. The highest BCUT2D eigenvalue weighted by atomic mass is 127. The van der Waals surface area contributed by atoms with Gasteiger partial charge in [-0.1, -0.05) is 79.3 Å². The summed E-state index contributed by atoms with van der Waals surface area (Å²) in [5.41, 5.74) is 1.51. The lowest BCUT2D eigenvalue weighted by atomic mass is 9.67. The number of hydrogen-bond donors (Lipinski definition) is 0. The van der Waals surface area contributed by atoms with Gasteiger partial charge in [0, 0.05) is 16.7 Å². The second kappa shape index (κ2) is 12.6. The quantitative estimate of drug-likeness (QED) is 0.106. The summed E-state index contributed by atoms with van der Waals surface area (Å²) in [7, 11) is 0. The summed E-state index contributed by atoms with van der Waals surface area (Å²) in [6.45, 7) is 9.18. The summed E-state index contributed by atoms with van der Waals surface area (Å²) in [5.74, 6) is 2.27. The third-order valence-electron chi connectivity index (χ3n) is 5.00. The van der Waals surface area contributed by atoms with E-state index in [2.05, 4.69) is 98.8 Å². The van der Waals surface area contributed by atoms with Gasteiger partial charge in [0.05, 0.1) is 6.07 Å². The van der Waals surface area contributed by atoms with Crippen LogP contribution in [-0.4, -0.2) is 10.2 Å². The molecule has 0 heterocycles. The van der Waals surface area contributed by atoms with Crippen LogP contribution in [0.4, 0.5) is 0 Å². The molecule has 0 unspecified atom stereocenters. The summed E-state index contributed by atoms with van der Waals surface area (Å²) in [5, 5.41) is 9.02. The van der Waals surface area contributed by atoms with Gasteiger partial charge < -0.3 is 0 Å². The molecule has 0 N–H and O–H groups in total. The lowest BCUT2D eigenvalue weighted by Gasteiger charge is -2.38. The summed E-state index contributed by atoms with van der Waals surface area (Å²) in [4.78, 5) is 1.32. The zero-order valence-corrected chi connectivity index (χ0v) is 19.5. The molecule has 1 aromatic carbocycles. The summed E-state index contributed by atoms with van der Waals surface area (Å²) >= 11 is 4.37. The van der Waals surface area contributed by atoms with E-state index < -0.39 is 0 Å². The molecule has 0 amide bonds. The minimum absolute atomic E-state index is 0.0818. The maximum Gasteiger partial charge on any atom is 0.0908 e. The van der Waals surface area contributed by atoms with E-state index in [-0.39, 0.29) is 5.41 Å². The van der Waals surface area contributed by atoms with Gasteiger partial charge in [-0.15, -0.1) is 11.8 Å². The van der Waals surface area contributed by atoms with E-state index in [1.807, 2.05) is 11.8 Å². The van der Waals surface area contributed by atoms with E-state index in [0.717, 1.165) is 18.6 Å². The molecule has 0 aliphatic heterocycles. The third-order valence-corrected chi connectivity index (χ3v) is 6.82. The second-order valence-electron chi connectivity index (χ2n) is 7.49. The standard InChI is InChI=1S/C23H32INS/c1-19(2)22(13-16-24)23(4,15-9-17-25)14-8-10-20(3)18-26-21-11-6-5-7-12-21/h5-7,9-12,15,19,22H,8,13-14,16,18H2,1-4H3/b15-9+,20-10+/t22-,23+/m1/s1. The van der Waals surface area contributed by atoms with Gasteiger partial charge in [-0.3, -0.25) is 0 Å². The highest BCUT2D eigenvalue weighted by molar-refractivity contribution is 14.1.